The SMILES string of the molecule is Cc1cc(-c2cnc3[nH]cc(-c4ccc(C(=O)N(C)C)cc4)c3n2)cc2c1CCN(CCC(=O)Nc1ccc(F)cc1)C2. The predicted octanol–water partition coefficient (Wildman–Crippen LogP) is 5.83. The summed E-state index contributed by atoms with van der Waals surface area (Å²) in [4.78, 5) is 41.6. The summed E-state index contributed by atoms with van der Waals surface area (Å²) in [5.41, 5.74) is 10.2. The monoisotopic (exact) mass is 576 g/mol. The van der Waals surface area contributed by atoms with Gasteiger partial charge < -0.3 is 15.2 Å². The van der Waals surface area contributed by atoms with Crippen molar-refractivity contribution in [1.29, 1.82) is 0 Å². The van der Waals surface area contributed by atoms with Crippen molar-refractivity contribution in [3.63, 3.8) is 0 Å². The Morgan fingerprint density at radius 1 is 1.05 bits per heavy atom. The number of H-pyrrole nitrogens is 1. The lowest BCUT2D eigenvalue weighted by atomic mass is 9.92. The highest BCUT2D eigenvalue weighted by atomic mass is 19.1. The van der Waals surface area contributed by atoms with Gasteiger partial charge in [0.05, 0.1) is 11.9 Å². The van der Waals surface area contributed by atoms with Crippen LogP contribution in [0.4, 0.5) is 10.1 Å². The van der Waals surface area contributed by atoms with Crippen molar-refractivity contribution in [2.24, 2.45) is 0 Å². The van der Waals surface area contributed by atoms with Gasteiger partial charge in [-0.15, -0.1) is 0 Å². The highest BCUT2D eigenvalue weighted by Crippen LogP contribution is 2.32. The molecule has 0 bridgehead atoms. The van der Waals surface area contributed by atoms with E-state index in [-0.39, 0.29) is 17.6 Å². The van der Waals surface area contributed by atoms with Gasteiger partial charge in [-0.05, 0) is 84.1 Å². The highest BCUT2D eigenvalue weighted by molar-refractivity contribution is 5.96. The van der Waals surface area contributed by atoms with E-state index in [9.17, 15) is 14.0 Å². The summed E-state index contributed by atoms with van der Waals surface area (Å²) in [6.45, 7) is 4.40. The lowest BCUT2D eigenvalue weighted by Gasteiger charge is -2.30. The number of hydrogen-bond acceptors (Lipinski definition) is 5. The molecule has 0 fully saturated rings. The zero-order valence-electron chi connectivity index (χ0n) is 24.4. The van der Waals surface area contributed by atoms with Crippen molar-refractivity contribution >= 4 is 28.7 Å². The minimum atomic E-state index is -0.330. The van der Waals surface area contributed by atoms with Crippen LogP contribution in [0.5, 0.6) is 0 Å². The molecule has 0 saturated carbocycles. The summed E-state index contributed by atoms with van der Waals surface area (Å²) < 4.78 is 13.2. The van der Waals surface area contributed by atoms with Crippen LogP contribution >= 0.6 is 0 Å². The molecule has 2 aromatic heterocycles. The molecule has 2 amide bonds. The Labute approximate surface area is 249 Å². The molecule has 218 valence electrons. The van der Waals surface area contributed by atoms with E-state index in [0.717, 1.165) is 47.4 Å². The number of fused-ring (bicyclic) bond motifs is 2. The Morgan fingerprint density at radius 3 is 2.56 bits per heavy atom. The molecular formula is C34H33FN6O2. The number of halogens is 1. The van der Waals surface area contributed by atoms with Crippen molar-refractivity contribution in [1.82, 2.24) is 24.8 Å². The first-order valence-corrected chi connectivity index (χ1v) is 14.3. The second-order valence-corrected chi connectivity index (χ2v) is 11.2. The number of benzene rings is 3. The van der Waals surface area contributed by atoms with Gasteiger partial charge in [0.25, 0.3) is 5.91 Å². The first kappa shape index (κ1) is 28.2. The van der Waals surface area contributed by atoms with Crippen molar-refractivity contribution < 1.29 is 14.0 Å². The summed E-state index contributed by atoms with van der Waals surface area (Å²) in [6, 6.07) is 17.7. The lowest BCUT2D eigenvalue weighted by molar-refractivity contribution is -0.116. The van der Waals surface area contributed by atoms with Gasteiger partial charge in [0.1, 0.15) is 11.3 Å². The summed E-state index contributed by atoms with van der Waals surface area (Å²) in [5, 5.41) is 2.84. The normalized spacial score (nSPS) is 13.1. The highest BCUT2D eigenvalue weighted by Gasteiger charge is 2.21. The maximum Gasteiger partial charge on any atom is 0.253 e. The molecule has 2 N–H and O–H groups in total. The number of aromatic nitrogens is 3. The molecule has 3 aromatic carbocycles. The predicted molar refractivity (Wildman–Crippen MR) is 166 cm³/mol. The maximum atomic E-state index is 13.2. The van der Waals surface area contributed by atoms with Crippen LogP contribution in [0.1, 0.15) is 33.5 Å². The van der Waals surface area contributed by atoms with Gasteiger partial charge in [-0.25, -0.2) is 14.4 Å². The van der Waals surface area contributed by atoms with Crippen LogP contribution in [0.3, 0.4) is 0 Å². The second-order valence-electron chi connectivity index (χ2n) is 11.2. The molecule has 0 radical (unpaired) electrons. The van der Waals surface area contributed by atoms with Gasteiger partial charge in [0.15, 0.2) is 5.65 Å². The van der Waals surface area contributed by atoms with Gasteiger partial charge in [-0.3, -0.25) is 14.5 Å². The van der Waals surface area contributed by atoms with Crippen LogP contribution in [0, 0.1) is 12.7 Å². The summed E-state index contributed by atoms with van der Waals surface area (Å²) in [6.07, 6.45) is 4.97. The van der Waals surface area contributed by atoms with Gasteiger partial charge in [0, 0.05) is 68.7 Å². The number of anilines is 1. The summed E-state index contributed by atoms with van der Waals surface area (Å²) in [5.74, 6) is -0.461. The largest absolute Gasteiger partial charge is 0.345 e. The third kappa shape index (κ3) is 6.03. The first-order valence-electron chi connectivity index (χ1n) is 14.3. The number of aryl methyl sites for hydroxylation is 1. The smallest absolute Gasteiger partial charge is 0.253 e. The average Bonchev–Trinajstić information content (AvgIpc) is 3.44. The van der Waals surface area contributed by atoms with Crippen molar-refractivity contribution in [2.75, 3.05) is 32.5 Å². The molecule has 6 rings (SSSR count). The number of amides is 2. The zero-order chi connectivity index (χ0) is 30.1. The fraction of sp³-hybridized carbons (Fsp3) is 0.235. The molecule has 5 aromatic rings. The Kier molecular flexibility index (Phi) is 7.73. The minimum absolute atomic E-state index is 0.0397. The van der Waals surface area contributed by atoms with Crippen LogP contribution < -0.4 is 5.32 Å². The molecule has 8 nitrogen and oxygen atoms in total. The number of nitrogens with one attached hydrogen (secondary N) is 2. The number of nitrogens with zero attached hydrogens (tertiary/aromatic N) is 4. The topological polar surface area (TPSA) is 94.2 Å². The Balaban J connectivity index is 1.19. The van der Waals surface area contributed by atoms with E-state index in [2.05, 4.69) is 39.2 Å². The zero-order valence-corrected chi connectivity index (χ0v) is 24.4. The molecule has 0 aliphatic carbocycles. The molecule has 0 atom stereocenters. The second kappa shape index (κ2) is 11.8. The van der Waals surface area contributed by atoms with Crippen molar-refractivity contribution in [2.45, 2.75) is 26.3 Å². The maximum absolute atomic E-state index is 13.2. The van der Waals surface area contributed by atoms with Gasteiger partial charge in [-0.2, -0.15) is 0 Å². The Bertz CT molecular complexity index is 1810. The molecule has 43 heavy (non-hydrogen) atoms. The fourth-order valence-electron chi connectivity index (χ4n) is 5.64. The van der Waals surface area contributed by atoms with E-state index in [1.807, 2.05) is 30.5 Å². The third-order valence-corrected chi connectivity index (χ3v) is 7.95. The molecule has 1 aliphatic heterocycles. The van der Waals surface area contributed by atoms with E-state index in [1.54, 1.807) is 37.3 Å². The lowest BCUT2D eigenvalue weighted by Crippen LogP contribution is -2.33. The summed E-state index contributed by atoms with van der Waals surface area (Å²) >= 11 is 0. The number of aromatic amines is 1. The van der Waals surface area contributed by atoms with Crippen molar-refractivity contribution in [3.8, 4) is 22.4 Å². The van der Waals surface area contributed by atoms with Crippen LogP contribution in [0.15, 0.2) is 73.1 Å². The molecule has 3 heterocycles. The Hall–Kier alpha value is -4.89. The molecule has 0 saturated heterocycles. The number of carbonyl (C=O) groups is 2. The molecule has 1 aliphatic rings. The van der Waals surface area contributed by atoms with E-state index >= 15 is 0 Å². The fourth-order valence-corrected chi connectivity index (χ4v) is 5.64. The standard InChI is InChI=1S/C34H33FN6O2/c1-21-16-24(17-25-20-41(14-12-28(21)25)15-13-31(42)38-27-10-8-26(35)9-11-27)30-19-37-33-32(39-30)29(18-36-33)22-4-6-23(7-5-22)34(43)40(2)3/h4-11,16-19H,12-15,20H2,1-3H3,(H,36,37)(H,38,42). The van der Waals surface area contributed by atoms with Gasteiger partial charge in [-0.1, -0.05) is 12.1 Å². The number of carbonyl (C=O) groups excluding carboxylic acids is 2. The van der Waals surface area contributed by atoms with E-state index < -0.39 is 0 Å². The van der Waals surface area contributed by atoms with Crippen LogP contribution in [0.25, 0.3) is 33.5 Å². The van der Waals surface area contributed by atoms with E-state index in [0.29, 0.717) is 29.9 Å². The molecular weight excluding hydrogens is 543 g/mol. The first-order chi connectivity index (χ1) is 20.7. The minimum Gasteiger partial charge on any atom is -0.345 e. The van der Waals surface area contributed by atoms with Gasteiger partial charge >= 0.3 is 0 Å². The van der Waals surface area contributed by atoms with Gasteiger partial charge in [0.2, 0.25) is 5.91 Å². The Morgan fingerprint density at radius 2 is 1.81 bits per heavy atom. The quantitative estimate of drug-likeness (QED) is 0.254. The van der Waals surface area contributed by atoms with E-state index in [4.69, 9.17) is 4.98 Å². The van der Waals surface area contributed by atoms with Crippen molar-refractivity contribution in [3.05, 3.63) is 101 Å². The molecule has 0 spiro atoms. The summed E-state index contributed by atoms with van der Waals surface area (Å²) in [7, 11) is 3.48. The van der Waals surface area contributed by atoms with E-state index in [1.165, 1.54) is 28.8 Å². The average molecular weight is 577 g/mol. The van der Waals surface area contributed by atoms with Crippen LogP contribution in [-0.2, 0) is 17.8 Å². The molecule has 9 heteroatoms. The number of hydrogen-bond donors (Lipinski definition) is 2. The number of rotatable bonds is 7. The molecule has 0 unspecified atom stereocenters. The van der Waals surface area contributed by atoms with Crippen LogP contribution in [0.2, 0.25) is 0 Å². The third-order valence-electron chi connectivity index (χ3n) is 7.95. The van der Waals surface area contributed by atoms with Crippen LogP contribution in [-0.4, -0.2) is 63.8 Å².